The third-order valence-corrected chi connectivity index (χ3v) is 3.90. The molecule has 23 heavy (non-hydrogen) atoms. The largest absolute Gasteiger partial charge is 0.378 e. The molecule has 0 aromatic carbocycles. The van der Waals surface area contributed by atoms with E-state index in [0.29, 0.717) is 48.7 Å². The highest BCUT2D eigenvalue weighted by Gasteiger charge is 2.18. The molecule has 1 aliphatic heterocycles. The highest BCUT2D eigenvalue weighted by molar-refractivity contribution is 6.28. The molecule has 0 radical (unpaired) electrons. The van der Waals surface area contributed by atoms with Crippen LogP contribution in [0.3, 0.4) is 0 Å². The van der Waals surface area contributed by atoms with Gasteiger partial charge in [-0.1, -0.05) is 0 Å². The van der Waals surface area contributed by atoms with Gasteiger partial charge in [0.05, 0.1) is 31.9 Å². The number of morpholine rings is 1. The molecule has 0 aliphatic carbocycles. The summed E-state index contributed by atoms with van der Waals surface area (Å²) in [6.45, 7) is 2.39. The number of nitrogens with one attached hydrogen (secondary N) is 1. The number of amides is 1. The first kappa shape index (κ1) is 15.6. The van der Waals surface area contributed by atoms with Gasteiger partial charge in [0.2, 0.25) is 5.15 Å². The average molecular weight is 335 g/mol. The van der Waals surface area contributed by atoms with Gasteiger partial charge in [-0.15, -0.1) is 0 Å². The number of halogens is 1. The van der Waals surface area contributed by atoms with E-state index in [2.05, 4.69) is 15.3 Å². The number of aromatic nitrogens is 3. The molecule has 0 spiro atoms. The van der Waals surface area contributed by atoms with E-state index in [1.165, 1.54) is 0 Å². The first-order chi connectivity index (χ1) is 11.1. The standard InChI is InChI=1S/C15H16ClN5O2/c1-20-10-18-14(8-12(20)16)19-13-3-2-11(9-17-13)15(22)21-4-6-23-7-5-21/h2-3,8-10H,4-7H2,1H3/p+1. The van der Waals surface area contributed by atoms with Crippen LogP contribution in [0.4, 0.5) is 11.6 Å². The molecule has 0 unspecified atom stereocenters. The summed E-state index contributed by atoms with van der Waals surface area (Å²) in [6.07, 6.45) is 3.17. The van der Waals surface area contributed by atoms with E-state index in [9.17, 15) is 4.79 Å². The Morgan fingerprint density at radius 2 is 2.09 bits per heavy atom. The molecule has 1 fully saturated rings. The first-order valence-corrected chi connectivity index (χ1v) is 7.62. The van der Waals surface area contributed by atoms with Gasteiger partial charge in [0.25, 0.3) is 18.1 Å². The lowest BCUT2D eigenvalue weighted by Crippen LogP contribution is -2.40. The smallest absolute Gasteiger partial charge is 0.289 e. The number of aryl methyl sites for hydroxylation is 1. The third-order valence-electron chi connectivity index (χ3n) is 3.53. The van der Waals surface area contributed by atoms with Crippen molar-refractivity contribution in [3.05, 3.63) is 41.4 Å². The number of carbonyl (C=O) groups excluding carboxylic acids is 1. The van der Waals surface area contributed by atoms with Gasteiger partial charge in [-0.3, -0.25) is 4.79 Å². The van der Waals surface area contributed by atoms with Crippen molar-refractivity contribution in [2.45, 2.75) is 0 Å². The molecule has 1 N–H and O–H groups in total. The molecule has 7 nitrogen and oxygen atoms in total. The van der Waals surface area contributed by atoms with Crippen LogP contribution in [0.2, 0.25) is 5.15 Å². The molecular formula is C15H17ClN5O2+. The van der Waals surface area contributed by atoms with Gasteiger partial charge in [-0.25, -0.2) is 9.55 Å². The topological polar surface area (TPSA) is 71.2 Å². The Morgan fingerprint density at radius 3 is 2.74 bits per heavy atom. The van der Waals surface area contributed by atoms with Crippen molar-refractivity contribution in [2.24, 2.45) is 7.05 Å². The minimum Gasteiger partial charge on any atom is -0.378 e. The highest BCUT2D eigenvalue weighted by atomic mass is 35.5. The van der Waals surface area contributed by atoms with E-state index in [1.54, 1.807) is 40.2 Å². The monoisotopic (exact) mass is 334 g/mol. The predicted molar refractivity (Wildman–Crippen MR) is 84.7 cm³/mol. The number of anilines is 2. The molecule has 0 bridgehead atoms. The zero-order chi connectivity index (χ0) is 16.2. The van der Waals surface area contributed by atoms with Gasteiger partial charge in [0.15, 0.2) is 0 Å². The molecule has 0 saturated carbocycles. The van der Waals surface area contributed by atoms with Crippen LogP contribution in [0.5, 0.6) is 0 Å². The second-order valence-electron chi connectivity index (χ2n) is 5.17. The van der Waals surface area contributed by atoms with Crippen molar-refractivity contribution < 1.29 is 14.1 Å². The Hall–Kier alpha value is -2.25. The van der Waals surface area contributed by atoms with E-state index in [-0.39, 0.29) is 5.91 Å². The van der Waals surface area contributed by atoms with Gasteiger partial charge >= 0.3 is 0 Å². The summed E-state index contributed by atoms with van der Waals surface area (Å²) in [5.74, 6) is 1.16. The maximum atomic E-state index is 12.3. The zero-order valence-corrected chi connectivity index (χ0v) is 13.5. The summed E-state index contributed by atoms with van der Waals surface area (Å²) in [4.78, 5) is 22.6. The normalized spacial score (nSPS) is 14.6. The van der Waals surface area contributed by atoms with Crippen LogP contribution in [0.15, 0.2) is 30.7 Å². The summed E-state index contributed by atoms with van der Waals surface area (Å²) in [7, 11) is 1.81. The number of hydrogen-bond donors (Lipinski definition) is 1. The zero-order valence-electron chi connectivity index (χ0n) is 12.7. The number of nitrogens with zero attached hydrogens (tertiary/aromatic N) is 4. The lowest BCUT2D eigenvalue weighted by Gasteiger charge is -2.26. The molecule has 8 heteroatoms. The predicted octanol–water partition coefficient (Wildman–Crippen LogP) is 1.17. The van der Waals surface area contributed by atoms with Crippen molar-refractivity contribution in [3.8, 4) is 0 Å². The lowest BCUT2D eigenvalue weighted by atomic mass is 10.2. The van der Waals surface area contributed by atoms with Gasteiger partial charge in [0.1, 0.15) is 5.82 Å². The van der Waals surface area contributed by atoms with Gasteiger partial charge in [-0.05, 0) is 28.7 Å². The lowest BCUT2D eigenvalue weighted by molar-refractivity contribution is -0.672. The van der Waals surface area contributed by atoms with Gasteiger partial charge in [-0.2, -0.15) is 0 Å². The Morgan fingerprint density at radius 1 is 1.30 bits per heavy atom. The molecule has 3 heterocycles. The van der Waals surface area contributed by atoms with Gasteiger partial charge in [0, 0.05) is 19.3 Å². The molecule has 0 atom stereocenters. The van der Waals surface area contributed by atoms with Crippen molar-refractivity contribution in [1.82, 2.24) is 14.9 Å². The molecule has 1 aliphatic rings. The van der Waals surface area contributed by atoms with E-state index >= 15 is 0 Å². The highest BCUT2D eigenvalue weighted by Crippen LogP contribution is 2.15. The Kier molecular flexibility index (Phi) is 4.68. The Labute approximate surface area is 138 Å². The summed E-state index contributed by atoms with van der Waals surface area (Å²) in [5.41, 5.74) is 0.558. The second kappa shape index (κ2) is 6.89. The summed E-state index contributed by atoms with van der Waals surface area (Å²) in [5, 5.41) is 3.61. The van der Waals surface area contributed by atoms with Crippen molar-refractivity contribution in [2.75, 3.05) is 31.6 Å². The molecule has 1 amide bonds. The third kappa shape index (κ3) is 3.75. The molecule has 3 rings (SSSR count). The van der Waals surface area contributed by atoms with Gasteiger partial charge < -0.3 is 15.0 Å². The SMILES string of the molecule is C[n+]1cnc(Nc2ccc(C(=O)N3CCOCC3)cn2)cc1Cl. The number of rotatable bonds is 3. The molecule has 120 valence electrons. The van der Waals surface area contributed by atoms with Crippen LogP contribution in [-0.2, 0) is 11.8 Å². The maximum Gasteiger partial charge on any atom is 0.289 e. The van der Waals surface area contributed by atoms with Crippen molar-refractivity contribution in [3.63, 3.8) is 0 Å². The minimum absolute atomic E-state index is 0.0275. The van der Waals surface area contributed by atoms with E-state index in [4.69, 9.17) is 16.3 Å². The molecule has 2 aromatic heterocycles. The van der Waals surface area contributed by atoms with Crippen LogP contribution < -0.4 is 9.88 Å². The molecular weight excluding hydrogens is 318 g/mol. The quantitative estimate of drug-likeness (QED) is 0.674. The summed E-state index contributed by atoms with van der Waals surface area (Å²) >= 11 is 6.04. The summed E-state index contributed by atoms with van der Waals surface area (Å²) in [6, 6.07) is 5.20. The maximum absolute atomic E-state index is 12.3. The molecule has 2 aromatic rings. The van der Waals surface area contributed by atoms with Crippen LogP contribution in [0.1, 0.15) is 10.4 Å². The second-order valence-corrected chi connectivity index (χ2v) is 5.56. The molecule has 1 saturated heterocycles. The fourth-order valence-electron chi connectivity index (χ4n) is 2.20. The minimum atomic E-state index is -0.0275. The van der Waals surface area contributed by atoms with Crippen molar-refractivity contribution >= 4 is 29.1 Å². The fourth-order valence-corrected chi connectivity index (χ4v) is 2.35. The number of pyridine rings is 1. The Bertz CT molecular complexity index is 702. The fraction of sp³-hybridized carbons (Fsp3) is 0.333. The van der Waals surface area contributed by atoms with E-state index < -0.39 is 0 Å². The van der Waals surface area contributed by atoms with Crippen LogP contribution in [0.25, 0.3) is 0 Å². The van der Waals surface area contributed by atoms with E-state index in [0.717, 1.165) is 0 Å². The average Bonchev–Trinajstić information content (AvgIpc) is 2.59. The van der Waals surface area contributed by atoms with Crippen molar-refractivity contribution in [1.29, 1.82) is 0 Å². The van der Waals surface area contributed by atoms with Crippen LogP contribution in [0, 0.1) is 0 Å². The number of ether oxygens (including phenoxy) is 1. The van der Waals surface area contributed by atoms with E-state index in [1.807, 2.05) is 7.05 Å². The number of carbonyl (C=O) groups is 1. The van der Waals surface area contributed by atoms with Crippen LogP contribution >= 0.6 is 11.6 Å². The number of hydrogen-bond acceptors (Lipinski definition) is 5. The first-order valence-electron chi connectivity index (χ1n) is 7.25. The Balaban J connectivity index is 1.68. The van der Waals surface area contributed by atoms with Crippen LogP contribution in [-0.4, -0.2) is 47.1 Å². The summed E-state index contributed by atoms with van der Waals surface area (Å²) < 4.78 is 6.95.